The molecule has 0 saturated heterocycles. The number of nitrogens with zero attached hydrogens (tertiary/aromatic N) is 3. The largest absolute Gasteiger partial charge is 0.417 e. The van der Waals surface area contributed by atoms with E-state index in [1.807, 2.05) is 0 Å². The second-order valence-corrected chi connectivity index (χ2v) is 5.67. The van der Waals surface area contributed by atoms with Crippen LogP contribution >= 0.6 is 11.6 Å². The maximum absolute atomic E-state index is 13.0. The SMILES string of the molecule is COCCCNc1ncnc(Nc2ccc(Cl)c(C(F)(F)F)c2)c1[N+](=O)[O-]. The third-order valence-corrected chi connectivity index (χ3v) is 3.69. The van der Waals surface area contributed by atoms with Crippen molar-refractivity contribution in [2.45, 2.75) is 12.6 Å². The number of anilines is 3. The van der Waals surface area contributed by atoms with Crippen molar-refractivity contribution in [1.82, 2.24) is 9.97 Å². The molecule has 0 unspecified atom stereocenters. The summed E-state index contributed by atoms with van der Waals surface area (Å²) in [5.74, 6) is -0.307. The van der Waals surface area contributed by atoms with Crippen molar-refractivity contribution in [1.29, 1.82) is 0 Å². The number of benzene rings is 1. The van der Waals surface area contributed by atoms with E-state index in [2.05, 4.69) is 20.6 Å². The highest BCUT2D eigenvalue weighted by Gasteiger charge is 2.33. The molecule has 2 rings (SSSR count). The third kappa shape index (κ3) is 5.41. The summed E-state index contributed by atoms with van der Waals surface area (Å²) in [6.45, 7) is 0.798. The zero-order chi connectivity index (χ0) is 20.0. The second-order valence-electron chi connectivity index (χ2n) is 5.27. The molecule has 0 amide bonds. The number of rotatable bonds is 8. The molecule has 0 bridgehead atoms. The third-order valence-electron chi connectivity index (χ3n) is 3.36. The molecule has 0 aliphatic heterocycles. The van der Waals surface area contributed by atoms with Crippen LogP contribution in [0.25, 0.3) is 0 Å². The Balaban J connectivity index is 2.32. The summed E-state index contributed by atoms with van der Waals surface area (Å²) in [4.78, 5) is 18.3. The first-order chi connectivity index (χ1) is 12.7. The highest BCUT2D eigenvalue weighted by molar-refractivity contribution is 6.31. The summed E-state index contributed by atoms with van der Waals surface area (Å²) in [5, 5.41) is 16.2. The smallest absolute Gasteiger partial charge is 0.385 e. The first kappa shape index (κ1) is 20.6. The normalized spacial score (nSPS) is 11.3. The van der Waals surface area contributed by atoms with Gasteiger partial charge in [0.15, 0.2) is 0 Å². The molecule has 1 aromatic heterocycles. The fourth-order valence-electron chi connectivity index (χ4n) is 2.15. The Labute approximate surface area is 156 Å². The van der Waals surface area contributed by atoms with Gasteiger partial charge in [0.05, 0.1) is 15.5 Å². The van der Waals surface area contributed by atoms with Crippen LogP contribution in [-0.4, -0.2) is 35.2 Å². The van der Waals surface area contributed by atoms with Crippen LogP contribution in [0.15, 0.2) is 24.5 Å². The first-order valence-electron chi connectivity index (χ1n) is 7.60. The molecule has 0 spiro atoms. The fraction of sp³-hybridized carbons (Fsp3) is 0.333. The van der Waals surface area contributed by atoms with E-state index in [4.69, 9.17) is 16.3 Å². The number of methoxy groups -OCH3 is 1. The fourth-order valence-corrected chi connectivity index (χ4v) is 2.38. The quantitative estimate of drug-likeness (QED) is 0.384. The van der Waals surface area contributed by atoms with Crippen molar-refractivity contribution in [3.8, 4) is 0 Å². The number of hydrogen-bond donors (Lipinski definition) is 2. The van der Waals surface area contributed by atoms with E-state index < -0.39 is 27.4 Å². The van der Waals surface area contributed by atoms with Gasteiger partial charge in [0, 0.05) is 25.9 Å². The number of nitro groups is 1. The molecule has 0 atom stereocenters. The lowest BCUT2D eigenvalue weighted by Gasteiger charge is -2.13. The van der Waals surface area contributed by atoms with Gasteiger partial charge in [-0.2, -0.15) is 13.2 Å². The predicted molar refractivity (Wildman–Crippen MR) is 93.4 cm³/mol. The molecule has 8 nitrogen and oxygen atoms in total. The van der Waals surface area contributed by atoms with E-state index in [0.29, 0.717) is 19.6 Å². The molecule has 2 N–H and O–H groups in total. The Kier molecular flexibility index (Phi) is 6.75. The summed E-state index contributed by atoms with van der Waals surface area (Å²) in [6, 6.07) is 3.05. The van der Waals surface area contributed by atoms with Crippen LogP contribution in [0.2, 0.25) is 5.02 Å². The predicted octanol–water partition coefficient (Wildman–Crippen LogP) is 4.25. The van der Waals surface area contributed by atoms with Gasteiger partial charge in [-0.15, -0.1) is 0 Å². The van der Waals surface area contributed by atoms with Crippen LogP contribution in [0, 0.1) is 10.1 Å². The van der Waals surface area contributed by atoms with E-state index in [1.165, 1.54) is 13.2 Å². The minimum Gasteiger partial charge on any atom is -0.385 e. The highest BCUT2D eigenvalue weighted by atomic mass is 35.5. The molecule has 146 valence electrons. The van der Waals surface area contributed by atoms with Crippen molar-refractivity contribution >= 4 is 34.6 Å². The van der Waals surface area contributed by atoms with Gasteiger partial charge in [0.25, 0.3) is 0 Å². The van der Waals surface area contributed by atoms with Gasteiger partial charge in [-0.1, -0.05) is 11.6 Å². The first-order valence-corrected chi connectivity index (χ1v) is 7.97. The number of alkyl halides is 3. The van der Waals surface area contributed by atoms with Crippen LogP contribution in [0.1, 0.15) is 12.0 Å². The highest BCUT2D eigenvalue weighted by Crippen LogP contribution is 2.37. The van der Waals surface area contributed by atoms with Crippen molar-refractivity contribution < 1.29 is 22.8 Å². The van der Waals surface area contributed by atoms with E-state index in [0.717, 1.165) is 18.5 Å². The Morgan fingerprint density at radius 3 is 2.63 bits per heavy atom. The molecule has 0 fully saturated rings. The summed E-state index contributed by atoms with van der Waals surface area (Å²) in [6.07, 6.45) is -3.03. The number of halogens is 4. The minimum absolute atomic E-state index is 0.0566. The van der Waals surface area contributed by atoms with Gasteiger partial charge in [-0.25, -0.2) is 9.97 Å². The lowest BCUT2D eigenvalue weighted by Crippen LogP contribution is -2.11. The van der Waals surface area contributed by atoms with E-state index >= 15 is 0 Å². The summed E-state index contributed by atoms with van der Waals surface area (Å²) in [5.41, 5.74) is -1.61. The van der Waals surface area contributed by atoms with E-state index in [9.17, 15) is 23.3 Å². The molecule has 1 aromatic carbocycles. The molecule has 12 heteroatoms. The lowest BCUT2D eigenvalue weighted by atomic mass is 10.2. The molecule has 27 heavy (non-hydrogen) atoms. The number of aromatic nitrogens is 2. The molecule has 1 heterocycles. The number of nitrogens with one attached hydrogen (secondary N) is 2. The summed E-state index contributed by atoms with van der Waals surface area (Å²) in [7, 11) is 1.52. The Bertz CT molecular complexity index is 820. The minimum atomic E-state index is -4.67. The molecule has 2 aromatic rings. The van der Waals surface area contributed by atoms with Crippen molar-refractivity contribution in [2.75, 3.05) is 30.9 Å². The van der Waals surface area contributed by atoms with Crippen LogP contribution in [-0.2, 0) is 10.9 Å². The molecule has 0 radical (unpaired) electrons. The van der Waals surface area contributed by atoms with Crippen molar-refractivity contribution in [3.63, 3.8) is 0 Å². The molecule has 0 aliphatic carbocycles. The Morgan fingerprint density at radius 2 is 2.00 bits per heavy atom. The van der Waals surface area contributed by atoms with Crippen LogP contribution < -0.4 is 10.6 Å². The second kappa shape index (κ2) is 8.82. The molecular formula is C15H15ClF3N5O3. The van der Waals surface area contributed by atoms with Gasteiger partial charge in [-0.3, -0.25) is 10.1 Å². The maximum Gasteiger partial charge on any atom is 0.417 e. The van der Waals surface area contributed by atoms with Gasteiger partial charge < -0.3 is 15.4 Å². The van der Waals surface area contributed by atoms with Crippen LogP contribution in [0.3, 0.4) is 0 Å². The number of ether oxygens (including phenoxy) is 1. The zero-order valence-electron chi connectivity index (χ0n) is 14.0. The van der Waals surface area contributed by atoms with E-state index in [-0.39, 0.29) is 17.3 Å². The topological polar surface area (TPSA) is 102 Å². The lowest BCUT2D eigenvalue weighted by molar-refractivity contribution is -0.383. The molecule has 0 aliphatic rings. The van der Waals surface area contributed by atoms with Gasteiger partial charge in [0.1, 0.15) is 6.33 Å². The van der Waals surface area contributed by atoms with Crippen molar-refractivity contribution in [2.24, 2.45) is 0 Å². The van der Waals surface area contributed by atoms with Crippen molar-refractivity contribution in [3.05, 3.63) is 45.2 Å². The van der Waals surface area contributed by atoms with Crippen LogP contribution in [0.4, 0.5) is 36.2 Å². The summed E-state index contributed by atoms with van der Waals surface area (Å²) < 4.78 is 43.8. The Hall–Kier alpha value is -2.66. The molecular weight excluding hydrogens is 391 g/mol. The van der Waals surface area contributed by atoms with E-state index in [1.54, 1.807) is 0 Å². The average Bonchev–Trinajstić information content (AvgIpc) is 2.59. The Morgan fingerprint density at radius 1 is 1.30 bits per heavy atom. The molecule has 0 saturated carbocycles. The van der Waals surface area contributed by atoms with Gasteiger partial charge >= 0.3 is 11.9 Å². The summed E-state index contributed by atoms with van der Waals surface area (Å²) >= 11 is 5.57. The van der Waals surface area contributed by atoms with Gasteiger partial charge in [0.2, 0.25) is 11.6 Å². The zero-order valence-corrected chi connectivity index (χ0v) is 14.8. The number of hydrogen-bond acceptors (Lipinski definition) is 7. The average molecular weight is 406 g/mol. The van der Waals surface area contributed by atoms with Gasteiger partial charge in [-0.05, 0) is 24.6 Å². The van der Waals surface area contributed by atoms with Crippen LogP contribution in [0.5, 0.6) is 0 Å². The maximum atomic E-state index is 13.0. The monoisotopic (exact) mass is 405 g/mol. The standard InChI is InChI=1S/C15H15ClF3N5O3/c1-27-6-2-5-20-13-12(24(25)26)14(22-8-21-13)23-9-3-4-11(16)10(7-9)15(17,18)19/h3-4,7-8H,2,5-6H2,1H3,(H2,20,21,22,23).